The molecule has 2 rings (SSSR count). The van der Waals surface area contributed by atoms with E-state index >= 15 is 0 Å². The van der Waals surface area contributed by atoms with Crippen molar-refractivity contribution in [3.8, 4) is 0 Å². The molecule has 5 heteroatoms. The van der Waals surface area contributed by atoms with E-state index in [9.17, 15) is 9.59 Å². The molecule has 0 aromatic carbocycles. The number of urea groups is 1. The first-order valence-corrected chi connectivity index (χ1v) is 6.35. The van der Waals surface area contributed by atoms with Gasteiger partial charge in [-0.2, -0.15) is 0 Å². The average molecular weight is 239 g/mol. The number of carbonyl (C=O) groups excluding carboxylic acids is 2. The van der Waals surface area contributed by atoms with Crippen molar-refractivity contribution in [3.05, 3.63) is 0 Å². The molecule has 2 aliphatic rings. The molecule has 0 spiro atoms. The van der Waals surface area contributed by atoms with Crippen LogP contribution >= 0.6 is 0 Å². The van der Waals surface area contributed by atoms with Crippen LogP contribution in [0.1, 0.15) is 33.1 Å². The Hall–Kier alpha value is -1.10. The first-order valence-electron chi connectivity index (χ1n) is 6.35. The molecule has 2 aliphatic heterocycles. The number of nitrogens with one attached hydrogen (secondary N) is 2. The van der Waals surface area contributed by atoms with Gasteiger partial charge in [0.15, 0.2) is 0 Å². The Bertz CT molecular complexity index is 322. The lowest BCUT2D eigenvalue weighted by molar-refractivity contribution is -0.130. The molecule has 0 saturated carbocycles. The van der Waals surface area contributed by atoms with Crippen LogP contribution < -0.4 is 10.6 Å². The predicted molar refractivity (Wildman–Crippen MR) is 64.5 cm³/mol. The average Bonchev–Trinajstić information content (AvgIpc) is 2.48. The summed E-state index contributed by atoms with van der Waals surface area (Å²) >= 11 is 0. The Morgan fingerprint density at radius 2 is 1.94 bits per heavy atom. The standard InChI is InChI=1S/C12H21N3O2/c1-12(2)10(16)15(11(17)14-12)8-5-9-3-6-13-7-4-9/h9,13H,3-8H2,1-2H3,(H,14,17). The second-order valence-corrected chi connectivity index (χ2v) is 5.49. The molecule has 2 fully saturated rings. The van der Waals surface area contributed by atoms with Crippen LogP contribution in [0.4, 0.5) is 4.79 Å². The van der Waals surface area contributed by atoms with Crippen LogP contribution in [0.3, 0.4) is 0 Å². The van der Waals surface area contributed by atoms with E-state index in [-0.39, 0.29) is 11.9 Å². The SMILES string of the molecule is CC1(C)NC(=O)N(CCC2CCNCC2)C1=O. The number of nitrogens with zero attached hydrogens (tertiary/aromatic N) is 1. The number of hydrogen-bond donors (Lipinski definition) is 2. The Kier molecular flexibility index (Phi) is 3.38. The van der Waals surface area contributed by atoms with Gasteiger partial charge in [0.1, 0.15) is 5.54 Å². The Balaban J connectivity index is 1.86. The van der Waals surface area contributed by atoms with Crippen LogP contribution in [-0.4, -0.2) is 42.0 Å². The van der Waals surface area contributed by atoms with E-state index < -0.39 is 5.54 Å². The maximum atomic E-state index is 11.9. The minimum absolute atomic E-state index is 0.101. The molecular weight excluding hydrogens is 218 g/mol. The van der Waals surface area contributed by atoms with Crippen LogP contribution in [0.15, 0.2) is 0 Å². The van der Waals surface area contributed by atoms with E-state index in [1.807, 2.05) is 0 Å². The van der Waals surface area contributed by atoms with E-state index in [0.29, 0.717) is 12.5 Å². The summed E-state index contributed by atoms with van der Waals surface area (Å²) in [7, 11) is 0. The number of hydrogen-bond acceptors (Lipinski definition) is 3. The molecule has 0 atom stereocenters. The maximum Gasteiger partial charge on any atom is 0.325 e. The zero-order chi connectivity index (χ0) is 12.5. The highest BCUT2D eigenvalue weighted by molar-refractivity contribution is 6.06. The summed E-state index contributed by atoms with van der Waals surface area (Å²) in [5, 5.41) is 6.02. The fourth-order valence-electron chi connectivity index (χ4n) is 2.50. The summed E-state index contributed by atoms with van der Waals surface area (Å²) in [4.78, 5) is 25.0. The smallest absolute Gasteiger partial charge is 0.324 e. The quantitative estimate of drug-likeness (QED) is 0.713. The second kappa shape index (κ2) is 4.64. The van der Waals surface area contributed by atoms with Gasteiger partial charge in [-0.05, 0) is 52.1 Å². The number of amides is 3. The zero-order valence-electron chi connectivity index (χ0n) is 10.6. The first-order chi connectivity index (χ1) is 8.00. The van der Waals surface area contributed by atoms with Crippen molar-refractivity contribution in [2.75, 3.05) is 19.6 Å². The van der Waals surface area contributed by atoms with E-state index in [1.54, 1.807) is 13.8 Å². The van der Waals surface area contributed by atoms with Crippen molar-refractivity contribution in [1.82, 2.24) is 15.5 Å². The minimum atomic E-state index is -0.731. The topological polar surface area (TPSA) is 61.4 Å². The Morgan fingerprint density at radius 3 is 2.47 bits per heavy atom. The van der Waals surface area contributed by atoms with Gasteiger partial charge < -0.3 is 10.6 Å². The molecular formula is C12H21N3O2. The third-order valence-electron chi connectivity index (χ3n) is 3.66. The molecule has 5 nitrogen and oxygen atoms in total. The van der Waals surface area contributed by atoms with Gasteiger partial charge >= 0.3 is 6.03 Å². The highest BCUT2D eigenvalue weighted by Crippen LogP contribution is 2.20. The fraction of sp³-hybridized carbons (Fsp3) is 0.833. The van der Waals surface area contributed by atoms with Crippen LogP contribution in [0, 0.1) is 5.92 Å². The second-order valence-electron chi connectivity index (χ2n) is 5.49. The zero-order valence-corrected chi connectivity index (χ0v) is 10.6. The monoisotopic (exact) mass is 239 g/mol. The van der Waals surface area contributed by atoms with E-state index in [0.717, 1.165) is 32.4 Å². The molecule has 0 aliphatic carbocycles. The lowest BCUT2D eigenvalue weighted by atomic mass is 9.94. The van der Waals surface area contributed by atoms with Gasteiger partial charge in [-0.25, -0.2) is 4.79 Å². The first kappa shape index (κ1) is 12.4. The summed E-state index contributed by atoms with van der Waals surface area (Å²) in [6, 6.07) is -0.242. The lowest BCUT2D eigenvalue weighted by Crippen LogP contribution is -2.40. The largest absolute Gasteiger partial charge is 0.325 e. The van der Waals surface area contributed by atoms with E-state index in [1.165, 1.54) is 4.90 Å². The van der Waals surface area contributed by atoms with Crippen molar-refractivity contribution in [3.63, 3.8) is 0 Å². The minimum Gasteiger partial charge on any atom is -0.324 e. The number of piperidine rings is 1. The van der Waals surface area contributed by atoms with Crippen molar-refractivity contribution in [1.29, 1.82) is 0 Å². The predicted octanol–water partition coefficient (Wildman–Crippen LogP) is 0.706. The number of carbonyl (C=O) groups is 2. The van der Waals surface area contributed by atoms with Crippen molar-refractivity contribution in [2.24, 2.45) is 5.92 Å². The number of imide groups is 1. The summed E-state index contributed by atoms with van der Waals surface area (Å²) in [6.07, 6.45) is 3.22. The molecule has 0 aromatic rings. The van der Waals surface area contributed by atoms with Gasteiger partial charge in [0.2, 0.25) is 0 Å². The van der Waals surface area contributed by atoms with Gasteiger partial charge in [-0.3, -0.25) is 9.69 Å². The molecule has 0 radical (unpaired) electrons. The summed E-state index contributed by atoms with van der Waals surface area (Å²) in [5.41, 5.74) is -0.731. The third-order valence-corrected chi connectivity index (χ3v) is 3.66. The molecule has 2 heterocycles. The van der Waals surface area contributed by atoms with Gasteiger partial charge in [0.05, 0.1) is 0 Å². The maximum absolute atomic E-state index is 11.9. The van der Waals surface area contributed by atoms with Gasteiger partial charge in [0, 0.05) is 6.54 Å². The fourth-order valence-corrected chi connectivity index (χ4v) is 2.50. The molecule has 2 saturated heterocycles. The Morgan fingerprint density at radius 1 is 1.29 bits per heavy atom. The van der Waals surface area contributed by atoms with Crippen LogP contribution in [0.5, 0.6) is 0 Å². The van der Waals surface area contributed by atoms with Crippen LogP contribution in [-0.2, 0) is 4.79 Å². The van der Waals surface area contributed by atoms with E-state index in [4.69, 9.17) is 0 Å². The van der Waals surface area contributed by atoms with Crippen molar-refractivity contribution in [2.45, 2.75) is 38.6 Å². The molecule has 2 N–H and O–H groups in total. The van der Waals surface area contributed by atoms with Gasteiger partial charge in [-0.1, -0.05) is 0 Å². The van der Waals surface area contributed by atoms with Crippen molar-refractivity contribution >= 4 is 11.9 Å². The van der Waals surface area contributed by atoms with E-state index in [2.05, 4.69) is 10.6 Å². The van der Waals surface area contributed by atoms with Crippen molar-refractivity contribution < 1.29 is 9.59 Å². The molecule has 0 aromatic heterocycles. The molecule has 17 heavy (non-hydrogen) atoms. The third kappa shape index (κ3) is 2.60. The number of rotatable bonds is 3. The molecule has 0 bridgehead atoms. The van der Waals surface area contributed by atoms with Crippen LogP contribution in [0.25, 0.3) is 0 Å². The lowest BCUT2D eigenvalue weighted by Gasteiger charge is -2.24. The summed E-state index contributed by atoms with van der Waals surface area (Å²) in [6.45, 7) is 6.15. The summed E-state index contributed by atoms with van der Waals surface area (Å²) < 4.78 is 0. The Labute approximate surface area is 102 Å². The van der Waals surface area contributed by atoms with Gasteiger partial charge in [-0.15, -0.1) is 0 Å². The van der Waals surface area contributed by atoms with Crippen LogP contribution in [0.2, 0.25) is 0 Å². The normalized spacial score (nSPS) is 25.2. The molecule has 0 unspecified atom stereocenters. The highest BCUT2D eigenvalue weighted by Gasteiger charge is 2.43. The highest BCUT2D eigenvalue weighted by atomic mass is 16.2. The molecule has 96 valence electrons. The summed E-state index contributed by atoms with van der Waals surface area (Å²) in [5.74, 6) is 0.539. The van der Waals surface area contributed by atoms with Gasteiger partial charge in [0.25, 0.3) is 5.91 Å². The molecule has 3 amide bonds.